The Morgan fingerprint density at radius 1 is 1.29 bits per heavy atom. The fourth-order valence-electron chi connectivity index (χ4n) is 2.02. The van der Waals surface area contributed by atoms with Crippen molar-refractivity contribution in [1.29, 1.82) is 0 Å². The van der Waals surface area contributed by atoms with Crippen LogP contribution in [0.1, 0.15) is 20.3 Å². The minimum absolute atomic E-state index is 0.0374. The number of sulfonamides is 1. The second-order valence-electron chi connectivity index (χ2n) is 5.65. The molecule has 0 spiro atoms. The highest BCUT2D eigenvalue weighted by molar-refractivity contribution is 7.88. The minimum Gasteiger partial charge on any atom is -0.489 e. The van der Waals surface area contributed by atoms with Gasteiger partial charge in [0.2, 0.25) is 15.9 Å². The quantitative estimate of drug-likeness (QED) is 0.644. The SMILES string of the molecule is COCCCN(CC(=O)Nc1ccccc1OC(C)C)S(C)(=O)=O. The van der Waals surface area contributed by atoms with Crippen LogP contribution in [0.5, 0.6) is 5.75 Å². The summed E-state index contributed by atoms with van der Waals surface area (Å²) in [6.45, 7) is 4.18. The van der Waals surface area contributed by atoms with Gasteiger partial charge in [-0.05, 0) is 32.4 Å². The lowest BCUT2D eigenvalue weighted by molar-refractivity contribution is -0.116. The van der Waals surface area contributed by atoms with Crippen LogP contribution >= 0.6 is 0 Å². The van der Waals surface area contributed by atoms with E-state index >= 15 is 0 Å². The van der Waals surface area contributed by atoms with Gasteiger partial charge in [-0.1, -0.05) is 12.1 Å². The first kappa shape index (κ1) is 20.4. The smallest absolute Gasteiger partial charge is 0.239 e. The molecule has 0 saturated carbocycles. The maximum Gasteiger partial charge on any atom is 0.239 e. The zero-order chi connectivity index (χ0) is 18.2. The van der Waals surface area contributed by atoms with Crippen molar-refractivity contribution in [3.8, 4) is 5.75 Å². The van der Waals surface area contributed by atoms with Gasteiger partial charge in [0.1, 0.15) is 5.75 Å². The summed E-state index contributed by atoms with van der Waals surface area (Å²) in [5, 5.41) is 2.71. The number of carbonyl (C=O) groups is 1. The standard InChI is InChI=1S/C16H26N2O5S/c1-13(2)23-15-9-6-5-8-14(15)17-16(19)12-18(24(4,20)21)10-7-11-22-3/h5-6,8-9,13H,7,10-12H2,1-4H3,(H,17,19). The molecule has 0 heterocycles. The van der Waals surface area contributed by atoms with E-state index in [9.17, 15) is 13.2 Å². The monoisotopic (exact) mass is 358 g/mol. The van der Waals surface area contributed by atoms with Gasteiger partial charge in [0.15, 0.2) is 0 Å². The Bertz CT molecular complexity index is 631. The normalized spacial score (nSPS) is 11.8. The molecule has 1 rings (SSSR count). The van der Waals surface area contributed by atoms with Crippen LogP contribution in [0.4, 0.5) is 5.69 Å². The van der Waals surface area contributed by atoms with E-state index in [1.165, 1.54) is 0 Å². The molecule has 0 aliphatic carbocycles. The number of amides is 1. The summed E-state index contributed by atoms with van der Waals surface area (Å²) in [6.07, 6.45) is 1.57. The van der Waals surface area contributed by atoms with E-state index in [0.717, 1.165) is 10.6 Å². The van der Waals surface area contributed by atoms with Gasteiger partial charge in [-0.2, -0.15) is 4.31 Å². The summed E-state index contributed by atoms with van der Waals surface area (Å²) in [6, 6.07) is 7.05. The molecule has 0 fully saturated rings. The van der Waals surface area contributed by atoms with Crippen LogP contribution in [-0.2, 0) is 19.6 Å². The molecule has 1 aromatic carbocycles. The van der Waals surface area contributed by atoms with Crippen molar-refractivity contribution in [3.63, 3.8) is 0 Å². The zero-order valence-electron chi connectivity index (χ0n) is 14.6. The predicted molar refractivity (Wildman–Crippen MR) is 93.7 cm³/mol. The summed E-state index contributed by atoms with van der Waals surface area (Å²) in [5.41, 5.74) is 0.515. The van der Waals surface area contributed by atoms with Crippen molar-refractivity contribution < 1.29 is 22.7 Å². The first-order chi connectivity index (χ1) is 11.2. The summed E-state index contributed by atoms with van der Waals surface area (Å²) in [4.78, 5) is 12.2. The van der Waals surface area contributed by atoms with Crippen LogP contribution < -0.4 is 10.1 Å². The molecule has 1 aromatic rings. The molecule has 1 amide bonds. The number of carbonyl (C=O) groups excluding carboxylic acids is 1. The Kier molecular flexibility index (Phi) is 8.17. The second kappa shape index (κ2) is 9.61. The number of anilines is 1. The second-order valence-corrected chi connectivity index (χ2v) is 7.64. The topological polar surface area (TPSA) is 84.9 Å². The molecular formula is C16H26N2O5S. The average molecular weight is 358 g/mol. The molecule has 0 bridgehead atoms. The van der Waals surface area contributed by atoms with Crippen LogP contribution in [0, 0.1) is 0 Å². The van der Waals surface area contributed by atoms with Crippen molar-refractivity contribution >= 4 is 21.6 Å². The largest absolute Gasteiger partial charge is 0.489 e. The molecule has 1 N–H and O–H groups in total. The lowest BCUT2D eigenvalue weighted by atomic mass is 10.3. The van der Waals surface area contributed by atoms with Crippen LogP contribution in [0.25, 0.3) is 0 Å². The lowest BCUT2D eigenvalue weighted by Crippen LogP contribution is -2.38. The molecule has 0 aliphatic rings. The Balaban J connectivity index is 2.76. The van der Waals surface area contributed by atoms with Gasteiger partial charge in [0.25, 0.3) is 0 Å². The molecule has 0 unspecified atom stereocenters. The highest BCUT2D eigenvalue weighted by Crippen LogP contribution is 2.24. The molecule has 0 atom stereocenters. The number of ether oxygens (including phenoxy) is 2. The van der Waals surface area contributed by atoms with E-state index in [1.54, 1.807) is 31.4 Å². The molecule has 0 aromatic heterocycles. The molecule has 0 aliphatic heterocycles. The highest BCUT2D eigenvalue weighted by atomic mass is 32.2. The van der Waals surface area contributed by atoms with Crippen molar-refractivity contribution in [3.05, 3.63) is 24.3 Å². The van der Waals surface area contributed by atoms with E-state index in [-0.39, 0.29) is 19.2 Å². The van der Waals surface area contributed by atoms with Crippen molar-refractivity contribution in [1.82, 2.24) is 4.31 Å². The number of para-hydroxylation sites is 2. The Hall–Kier alpha value is -1.64. The highest BCUT2D eigenvalue weighted by Gasteiger charge is 2.20. The summed E-state index contributed by atoms with van der Waals surface area (Å²) < 4.78 is 35.3. The lowest BCUT2D eigenvalue weighted by Gasteiger charge is -2.20. The molecular weight excluding hydrogens is 332 g/mol. The van der Waals surface area contributed by atoms with Crippen molar-refractivity contribution in [2.75, 3.05) is 38.4 Å². The first-order valence-electron chi connectivity index (χ1n) is 7.73. The van der Waals surface area contributed by atoms with E-state index in [1.807, 2.05) is 13.8 Å². The fraction of sp³-hybridized carbons (Fsp3) is 0.562. The van der Waals surface area contributed by atoms with Gasteiger partial charge in [0, 0.05) is 20.3 Å². The van der Waals surface area contributed by atoms with Crippen LogP contribution in [-0.4, -0.2) is 57.8 Å². The molecule has 24 heavy (non-hydrogen) atoms. The van der Waals surface area contributed by atoms with Crippen LogP contribution in [0.3, 0.4) is 0 Å². The molecule has 8 heteroatoms. The molecule has 136 valence electrons. The Morgan fingerprint density at radius 2 is 1.96 bits per heavy atom. The van der Waals surface area contributed by atoms with Crippen molar-refractivity contribution in [2.45, 2.75) is 26.4 Å². The first-order valence-corrected chi connectivity index (χ1v) is 9.58. The molecule has 0 saturated heterocycles. The average Bonchev–Trinajstić information content (AvgIpc) is 2.47. The number of hydrogen-bond donors (Lipinski definition) is 1. The van der Waals surface area contributed by atoms with Crippen LogP contribution in [0.2, 0.25) is 0 Å². The van der Waals surface area contributed by atoms with Crippen molar-refractivity contribution in [2.24, 2.45) is 0 Å². The Labute approximate surface area is 144 Å². The summed E-state index contributed by atoms with van der Waals surface area (Å²) >= 11 is 0. The van der Waals surface area contributed by atoms with Gasteiger partial charge >= 0.3 is 0 Å². The third-order valence-electron chi connectivity index (χ3n) is 3.07. The number of methoxy groups -OCH3 is 1. The fourth-order valence-corrected chi connectivity index (χ4v) is 2.84. The molecule has 7 nitrogen and oxygen atoms in total. The minimum atomic E-state index is -3.48. The Morgan fingerprint density at radius 3 is 2.54 bits per heavy atom. The number of nitrogens with one attached hydrogen (secondary N) is 1. The van der Waals surface area contributed by atoms with Gasteiger partial charge in [-0.25, -0.2) is 8.42 Å². The maximum absolute atomic E-state index is 12.2. The third kappa shape index (κ3) is 7.29. The maximum atomic E-state index is 12.2. The van der Waals surface area contributed by atoms with Gasteiger partial charge in [-0.15, -0.1) is 0 Å². The number of rotatable bonds is 10. The number of hydrogen-bond acceptors (Lipinski definition) is 5. The third-order valence-corrected chi connectivity index (χ3v) is 4.32. The zero-order valence-corrected chi connectivity index (χ0v) is 15.4. The summed E-state index contributed by atoms with van der Waals surface area (Å²) in [7, 11) is -1.93. The van der Waals surface area contributed by atoms with Gasteiger partial charge < -0.3 is 14.8 Å². The number of nitrogens with zero attached hydrogens (tertiary/aromatic N) is 1. The van der Waals surface area contributed by atoms with E-state index < -0.39 is 15.9 Å². The predicted octanol–water partition coefficient (Wildman–Crippen LogP) is 1.71. The van der Waals surface area contributed by atoms with E-state index in [0.29, 0.717) is 24.5 Å². The van der Waals surface area contributed by atoms with E-state index in [4.69, 9.17) is 9.47 Å². The van der Waals surface area contributed by atoms with E-state index in [2.05, 4.69) is 5.32 Å². The van der Waals surface area contributed by atoms with Gasteiger partial charge in [-0.3, -0.25) is 4.79 Å². The summed E-state index contributed by atoms with van der Waals surface area (Å²) in [5.74, 6) is 0.129. The number of benzene rings is 1. The van der Waals surface area contributed by atoms with Crippen LogP contribution in [0.15, 0.2) is 24.3 Å². The molecule has 0 radical (unpaired) electrons. The van der Waals surface area contributed by atoms with Gasteiger partial charge in [0.05, 0.1) is 24.6 Å².